The molecule has 23 nitrogen and oxygen atoms in total. The fraction of sp³-hybridized carbons (Fsp3) is 0.500. The van der Waals surface area contributed by atoms with E-state index in [0.717, 1.165) is 17.5 Å². The maximum Gasteiger partial charge on any atom is 0.323 e. The molecule has 2 rings (SSSR count). The first-order valence-corrected chi connectivity index (χ1v) is 17.5. The summed E-state index contributed by atoms with van der Waals surface area (Å²) in [6.07, 6.45) is 0.785. The highest BCUT2D eigenvalue weighted by Gasteiger charge is 2.21. The quantitative estimate of drug-likeness (QED) is 0.0208. The van der Waals surface area contributed by atoms with E-state index in [9.17, 15) is 39.3 Å². The van der Waals surface area contributed by atoms with Crippen molar-refractivity contribution in [3.63, 3.8) is 0 Å². The highest BCUT2D eigenvalue weighted by atomic mass is 32.2. The zero-order chi connectivity index (χ0) is 44.9. The van der Waals surface area contributed by atoms with E-state index in [1.54, 1.807) is 52.5 Å². The van der Waals surface area contributed by atoms with Gasteiger partial charge in [-0.25, -0.2) is 0 Å². The Morgan fingerprint density at radius 3 is 1.42 bits per heavy atom. The molecule has 0 bridgehead atoms. The van der Waals surface area contributed by atoms with Gasteiger partial charge in [0, 0.05) is 34.1 Å². The van der Waals surface area contributed by atoms with Crippen molar-refractivity contribution in [1.29, 1.82) is 11.2 Å². The normalized spacial score (nSPS) is 11.5. The van der Waals surface area contributed by atoms with Crippen molar-refractivity contribution in [2.75, 3.05) is 68.1 Å². The summed E-state index contributed by atoms with van der Waals surface area (Å²) in [5.74, 6) is -0.814. The molecule has 0 saturated carbocycles. The van der Waals surface area contributed by atoms with E-state index in [4.69, 9.17) is 14.9 Å². The van der Waals surface area contributed by atoms with Gasteiger partial charge in [0.2, 0.25) is 0 Å². The monoisotopic (exact) mass is 852 g/mol. The number of ether oxygens (including phenoxy) is 4. The van der Waals surface area contributed by atoms with Crippen LogP contribution in [-0.4, -0.2) is 131 Å². The van der Waals surface area contributed by atoms with Crippen molar-refractivity contribution in [2.45, 2.75) is 37.0 Å². The number of benzene rings is 2. The number of phenols is 2. The molecule has 2 aromatic carbocycles. The molecule has 0 heterocycles. The van der Waals surface area contributed by atoms with Crippen LogP contribution < -0.4 is 21.3 Å². The van der Waals surface area contributed by atoms with Crippen molar-refractivity contribution in [3.8, 4) is 11.5 Å². The van der Waals surface area contributed by atoms with Gasteiger partial charge >= 0.3 is 29.6 Å². The zero-order valence-electron chi connectivity index (χ0n) is 32.6. The van der Waals surface area contributed by atoms with Gasteiger partial charge in [-0.2, -0.15) is 22.4 Å². The van der Waals surface area contributed by atoms with Crippen LogP contribution in [0.15, 0.2) is 47.0 Å². The van der Waals surface area contributed by atoms with Gasteiger partial charge in [-0.3, -0.25) is 29.3 Å². The minimum atomic E-state index is -0.675. The van der Waals surface area contributed by atoms with E-state index >= 15 is 0 Å². The number of hydrogen-bond acceptors (Lipinski definition) is 24. The minimum Gasteiger partial charge on any atom is -0.508 e. The highest BCUT2D eigenvalue weighted by Crippen LogP contribution is 2.26. The third-order valence-electron chi connectivity index (χ3n) is 6.87. The number of likely N-dealkylation sites (N-methyl/N-ethyl adjacent to an activating group) is 4. The molecule has 0 aliphatic carbocycles. The Kier molecular flexibility index (Phi) is 38.5. The molecule has 4 atom stereocenters. The Bertz CT molecular complexity index is 1440. The smallest absolute Gasteiger partial charge is 0.323 e. The SMILES string of the molecule is CNC(CS)C(=O)OC.CNC(CSN=O)C(=O)OC.CNC(Cc1ccc(O)c([N+](=O)[O-])c1)C(=O)OC.CNC(Cc1ccc(O)cc1)C(=O)OC.N=O.N=O. The molecule has 0 spiro atoms. The predicted octanol–water partition coefficient (Wildman–Crippen LogP) is 1.80. The van der Waals surface area contributed by atoms with Crippen molar-refractivity contribution >= 4 is 54.1 Å². The number of nitro groups is 1. The standard InChI is InChI=1S/C11H14N2O5.C11H15NO3.C5H10N2O3S.C5H11NO2S.2HNO/c1-12-8(11(15)18-2)5-7-3-4-10(14)9(6-7)13(16)17;1-12-10(11(14)15-2)7-8-3-5-9(13)6-4-8;1-6-4(3-11-7-9)5(8)10-2;1-6-4(3-9)5(7)8-2;2*1-2/h3-4,6,8,12,14H,5H2,1-2H3;3-6,10,12-13H,7H2,1-2H3;4,6H,3H2,1-2H3;4,6,9H,3H2,1-2H3;2*1H. The second-order valence-corrected chi connectivity index (χ2v) is 11.3. The third kappa shape index (κ3) is 26.2. The van der Waals surface area contributed by atoms with E-state index in [1.165, 1.54) is 46.6 Å². The molecule has 0 aliphatic rings. The summed E-state index contributed by atoms with van der Waals surface area (Å²) >= 11 is 4.72. The predicted molar refractivity (Wildman–Crippen MR) is 214 cm³/mol. The van der Waals surface area contributed by atoms with Crippen LogP contribution in [-0.2, 0) is 51.0 Å². The summed E-state index contributed by atoms with van der Waals surface area (Å²) in [5, 5.41) is 40.1. The molecule has 57 heavy (non-hydrogen) atoms. The van der Waals surface area contributed by atoms with Crippen LogP contribution in [0.2, 0.25) is 0 Å². The summed E-state index contributed by atoms with van der Waals surface area (Å²) in [7, 11) is 11.9. The van der Waals surface area contributed by atoms with E-state index < -0.39 is 28.7 Å². The molecule has 8 N–H and O–H groups in total. The Balaban J connectivity index is -0.000000328. The molecule has 4 unspecified atom stereocenters. The number of nitroso groups, excluding NO2 is 3. The van der Waals surface area contributed by atoms with Gasteiger partial charge in [-0.15, -0.1) is 4.91 Å². The van der Waals surface area contributed by atoms with Gasteiger partial charge in [-0.05, 0) is 70.4 Å². The molecule has 2 aromatic rings. The summed E-state index contributed by atoms with van der Waals surface area (Å²) in [6, 6.07) is 9.08. The number of nitrogens with one attached hydrogen (secondary N) is 6. The van der Waals surface area contributed by atoms with Crippen molar-refractivity contribution in [3.05, 3.63) is 78.4 Å². The maximum atomic E-state index is 11.4. The molecular weight excluding hydrogens is 801 g/mol. The van der Waals surface area contributed by atoms with Gasteiger partial charge < -0.3 is 50.4 Å². The Hall–Kier alpha value is -5.34. The summed E-state index contributed by atoms with van der Waals surface area (Å²) < 4.78 is 20.7. The molecular formula is C32H52N8O15S2. The van der Waals surface area contributed by atoms with Gasteiger partial charge in [0.15, 0.2) is 5.75 Å². The average Bonchev–Trinajstić information content (AvgIpc) is 3.24. The number of rotatable bonds is 17. The summed E-state index contributed by atoms with van der Waals surface area (Å²) in [5.41, 5.74) is 10.1. The molecule has 25 heteroatoms. The van der Waals surface area contributed by atoms with E-state index in [2.05, 4.69) is 68.6 Å². The number of carbonyl (C=O) groups is 4. The molecule has 0 aliphatic heterocycles. The van der Waals surface area contributed by atoms with E-state index in [1.807, 2.05) is 0 Å². The van der Waals surface area contributed by atoms with Crippen LogP contribution in [0.3, 0.4) is 0 Å². The number of thiol groups is 1. The number of carbonyl (C=O) groups excluding carboxylic acids is 4. The number of nitrogens with zero attached hydrogens (tertiary/aromatic N) is 2. The second-order valence-electron chi connectivity index (χ2n) is 10.2. The highest BCUT2D eigenvalue weighted by molar-refractivity contribution is 7.97. The molecule has 322 valence electrons. The largest absolute Gasteiger partial charge is 0.508 e. The van der Waals surface area contributed by atoms with Crippen LogP contribution >= 0.6 is 24.6 Å². The van der Waals surface area contributed by atoms with Crippen LogP contribution in [0, 0.1) is 36.0 Å². The number of hydrogen-bond donors (Lipinski definition) is 9. The molecule has 0 aromatic heterocycles. The van der Waals surface area contributed by atoms with Gasteiger partial charge in [0.05, 0.1) is 33.4 Å². The summed E-state index contributed by atoms with van der Waals surface area (Å²) in [4.78, 5) is 78.7. The first kappa shape index (κ1) is 58.4. The lowest BCUT2D eigenvalue weighted by molar-refractivity contribution is -0.385. The Morgan fingerprint density at radius 1 is 0.719 bits per heavy atom. The lowest BCUT2D eigenvalue weighted by Crippen LogP contribution is -2.36. The fourth-order valence-corrected chi connectivity index (χ4v) is 4.62. The Labute approximate surface area is 338 Å². The van der Waals surface area contributed by atoms with Crippen LogP contribution in [0.25, 0.3) is 0 Å². The number of phenolic OH excluding ortho intramolecular Hbond substituents is 2. The minimum absolute atomic E-state index is 0.220. The number of methoxy groups -OCH3 is 4. The first-order chi connectivity index (χ1) is 27.2. The number of aromatic hydroxyl groups is 2. The van der Waals surface area contributed by atoms with Crippen LogP contribution in [0.1, 0.15) is 11.1 Å². The van der Waals surface area contributed by atoms with Gasteiger partial charge in [-0.1, -0.05) is 29.4 Å². The fourth-order valence-electron chi connectivity index (χ4n) is 3.78. The molecule has 0 radical (unpaired) electrons. The van der Waals surface area contributed by atoms with E-state index in [-0.39, 0.29) is 47.8 Å². The molecule has 0 saturated heterocycles. The lowest BCUT2D eigenvalue weighted by Gasteiger charge is -2.13. The topological polar surface area (TPSA) is 348 Å². The van der Waals surface area contributed by atoms with E-state index in [0.29, 0.717) is 23.5 Å². The zero-order valence-corrected chi connectivity index (χ0v) is 34.3. The second kappa shape index (κ2) is 37.6. The number of esters is 4. The van der Waals surface area contributed by atoms with Crippen LogP contribution in [0.5, 0.6) is 11.5 Å². The van der Waals surface area contributed by atoms with Crippen molar-refractivity contribution in [1.82, 2.24) is 21.3 Å². The molecule has 0 amide bonds. The first-order valence-electron chi connectivity index (χ1n) is 15.9. The lowest BCUT2D eigenvalue weighted by atomic mass is 10.1. The van der Waals surface area contributed by atoms with Gasteiger partial charge in [0.25, 0.3) is 0 Å². The molecule has 0 fully saturated rings. The summed E-state index contributed by atoms with van der Waals surface area (Å²) in [6.45, 7) is 0. The maximum absolute atomic E-state index is 11.4. The number of nitro benzene ring substituents is 1. The third-order valence-corrected chi connectivity index (χ3v) is 7.82. The van der Waals surface area contributed by atoms with Gasteiger partial charge in [0.1, 0.15) is 29.9 Å². The Morgan fingerprint density at radius 2 is 1.09 bits per heavy atom. The van der Waals surface area contributed by atoms with Crippen molar-refractivity contribution < 1.29 is 53.3 Å². The van der Waals surface area contributed by atoms with Crippen molar-refractivity contribution in [2.24, 2.45) is 4.58 Å². The van der Waals surface area contributed by atoms with Crippen LogP contribution in [0.4, 0.5) is 5.69 Å². The average molecular weight is 853 g/mol.